The van der Waals surface area contributed by atoms with Crippen LogP contribution in [-0.2, 0) is 0 Å². The molecule has 0 aliphatic heterocycles. The molecule has 4 heteroatoms. The molecule has 1 aromatic rings. The van der Waals surface area contributed by atoms with E-state index in [1.165, 1.54) is 25.7 Å². The van der Waals surface area contributed by atoms with E-state index >= 15 is 0 Å². The fourth-order valence-electron chi connectivity index (χ4n) is 2.03. The first-order chi connectivity index (χ1) is 9.10. The number of aromatic nitrogens is 2. The van der Waals surface area contributed by atoms with E-state index in [0.717, 1.165) is 17.7 Å². The maximum Gasteiger partial charge on any atom is 0.167 e. The first-order valence-corrected chi connectivity index (χ1v) is 7.10. The first kappa shape index (κ1) is 15.4. The van der Waals surface area contributed by atoms with E-state index in [1.807, 2.05) is 13.8 Å². The molecule has 0 aromatic carbocycles. The van der Waals surface area contributed by atoms with Gasteiger partial charge in [0.25, 0.3) is 0 Å². The maximum atomic E-state index is 9.22. The molecule has 0 amide bonds. The second kappa shape index (κ2) is 7.73. The second-order valence-corrected chi connectivity index (χ2v) is 5.14. The monoisotopic (exact) mass is 260 g/mol. The van der Waals surface area contributed by atoms with Crippen LogP contribution in [0.3, 0.4) is 0 Å². The molecule has 1 heterocycles. The van der Waals surface area contributed by atoms with Crippen molar-refractivity contribution in [2.24, 2.45) is 0 Å². The minimum atomic E-state index is 0.320. The Hall–Kier alpha value is -1.63. The SMILES string of the molecule is CCCCCCC(C)Nc1nnc(C)c(C)c1C#N. The van der Waals surface area contributed by atoms with Gasteiger partial charge in [0.15, 0.2) is 5.82 Å². The summed E-state index contributed by atoms with van der Waals surface area (Å²) in [6, 6.07) is 2.54. The van der Waals surface area contributed by atoms with Gasteiger partial charge in [-0.2, -0.15) is 10.4 Å². The van der Waals surface area contributed by atoms with Crippen molar-refractivity contribution in [1.29, 1.82) is 5.26 Å². The number of hydrogen-bond acceptors (Lipinski definition) is 4. The molecule has 0 saturated carbocycles. The molecule has 0 fully saturated rings. The molecule has 0 spiro atoms. The van der Waals surface area contributed by atoms with Crippen molar-refractivity contribution in [1.82, 2.24) is 10.2 Å². The molecule has 0 saturated heterocycles. The van der Waals surface area contributed by atoms with Gasteiger partial charge in [0, 0.05) is 6.04 Å². The Kier molecular flexibility index (Phi) is 6.27. The molecule has 1 N–H and O–H groups in total. The molecule has 0 aliphatic carbocycles. The zero-order valence-electron chi connectivity index (χ0n) is 12.5. The molecule has 0 bridgehead atoms. The van der Waals surface area contributed by atoms with Crippen molar-refractivity contribution in [2.45, 2.75) is 65.8 Å². The third kappa shape index (κ3) is 4.51. The van der Waals surface area contributed by atoms with E-state index in [1.54, 1.807) is 0 Å². The van der Waals surface area contributed by atoms with Gasteiger partial charge >= 0.3 is 0 Å². The summed E-state index contributed by atoms with van der Waals surface area (Å²) in [6.45, 7) is 8.14. The van der Waals surface area contributed by atoms with Crippen molar-refractivity contribution >= 4 is 5.82 Å². The van der Waals surface area contributed by atoms with E-state index in [9.17, 15) is 5.26 Å². The van der Waals surface area contributed by atoms with Crippen LogP contribution in [0.5, 0.6) is 0 Å². The van der Waals surface area contributed by atoms with Crippen LogP contribution in [0, 0.1) is 25.2 Å². The lowest BCUT2D eigenvalue weighted by atomic mass is 10.1. The molecular formula is C15H24N4. The summed E-state index contributed by atoms with van der Waals surface area (Å²) < 4.78 is 0. The number of nitrogens with zero attached hydrogens (tertiary/aromatic N) is 3. The highest BCUT2D eigenvalue weighted by atomic mass is 15.2. The average Bonchev–Trinajstić information content (AvgIpc) is 2.39. The van der Waals surface area contributed by atoms with Gasteiger partial charge in [-0.3, -0.25) is 0 Å². The van der Waals surface area contributed by atoms with Gasteiger partial charge in [-0.15, -0.1) is 5.10 Å². The Bertz CT molecular complexity index is 448. The number of nitriles is 1. The minimum absolute atomic E-state index is 0.320. The highest BCUT2D eigenvalue weighted by Gasteiger charge is 2.12. The van der Waals surface area contributed by atoms with Crippen LogP contribution in [0.25, 0.3) is 0 Å². The summed E-state index contributed by atoms with van der Waals surface area (Å²) in [7, 11) is 0. The van der Waals surface area contributed by atoms with Crippen molar-refractivity contribution in [3.63, 3.8) is 0 Å². The first-order valence-electron chi connectivity index (χ1n) is 7.10. The van der Waals surface area contributed by atoms with E-state index in [2.05, 4.69) is 35.4 Å². The summed E-state index contributed by atoms with van der Waals surface area (Å²) in [5.74, 6) is 0.619. The van der Waals surface area contributed by atoms with Crippen LogP contribution in [0.2, 0.25) is 0 Å². The summed E-state index contributed by atoms with van der Waals surface area (Å²) in [5.41, 5.74) is 2.35. The molecule has 1 aromatic heterocycles. The lowest BCUT2D eigenvalue weighted by Crippen LogP contribution is -2.18. The van der Waals surface area contributed by atoms with Crippen LogP contribution in [-0.4, -0.2) is 16.2 Å². The van der Waals surface area contributed by atoms with Crippen molar-refractivity contribution in [2.75, 3.05) is 5.32 Å². The Labute approximate surface area is 116 Å². The van der Waals surface area contributed by atoms with Gasteiger partial charge in [0.2, 0.25) is 0 Å². The average molecular weight is 260 g/mol. The summed E-state index contributed by atoms with van der Waals surface area (Å²) in [4.78, 5) is 0. The third-order valence-corrected chi connectivity index (χ3v) is 3.44. The normalized spacial score (nSPS) is 11.9. The Morgan fingerprint density at radius 2 is 1.95 bits per heavy atom. The van der Waals surface area contributed by atoms with Gasteiger partial charge in [-0.1, -0.05) is 32.6 Å². The van der Waals surface area contributed by atoms with E-state index in [0.29, 0.717) is 17.4 Å². The van der Waals surface area contributed by atoms with Crippen LogP contribution < -0.4 is 5.32 Å². The fraction of sp³-hybridized carbons (Fsp3) is 0.667. The van der Waals surface area contributed by atoms with E-state index in [-0.39, 0.29) is 0 Å². The number of unbranched alkanes of at least 4 members (excludes halogenated alkanes) is 3. The van der Waals surface area contributed by atoms with Gasteiger partial charge < -0.3 is 5.32 Å². The number of nitrogens with one attached hydrogen (secondary N) is 1. The molecule has 1 unspecified atom stereocenters. The molecule has 4 nitrogen and oxygen atoms in total. The minimum Gasteiger partial charge on any atom is -0.365 e. The molecule has 1 rings (SSSR count). The Morgan fingerprint density at radius 1 is 1.21 bits per heavy atom. The topological polar surface area (TPSA) is 61.6 Å². The molecule has 0 radical (unpaired) electrons. The smallest absolute Gasteiger partial charge is 0.167 e. The standard InChI is InChI=1S/C15H24N4/c1-5-6-7-8-9-11(2)17-15-14(10-16)12(3)13(4)18-19-15/h11H,5-9H2,1-4H3,(H,17,19). The number of hydrogen-bond donors (Lipinski definition) is 1. The van der Waals surface area contributed by atoms with Crippen LogP contribution in [0.1, 0.15) is 62.8 Å². The molecule has 0 aliphatic rings. The third-order valence-electron chi connectivity index (χ3n) is 3.44. The van der Waals surface area contributed by atoms with Crippen molar-refractivity contribution in [3.05, 3.63) is 16.8 Å². The van der Waals surface area contributed by atoms with E-state index < -0.39 is 0 Å². The largest absolute Gasteiger partial charge is 0.365 e. The zero-order valence-corrected chi connectivity index (χ0v) is 12.5. The van der Waals surface area contributed by atoms with Gasteiger partial charge in [0.05, 0.1) is 5.69 Å². The Morgan fingerprint density at radius 3 is 2.58 bits per heavy atom. The van der Waals surface area contributed by atoms with Crippen LogP contribution in [0.4, 0.5) is 5.82 Å². The summed E-state index contributed by atoms with van der Waals surface area (Å²) >= 11 is 0. The molecule has 19 heavy (non-hydrogen) atoms. The Balaban J connectivity index is 2.62. The van der Waals surface area contributed by atoms with Crippen molar-refractivity contribution < 1.29 is 0 Å². The van der Waals surface area contributed by atoms with Crippen molar-refractivity contribution in [3.8, 4) is 6.07 Å². The number of rotatable bonds is 7. The van der Waals surface area contributed by atoms with Gasteiger partial charge in [-0.05, 0) is 32.8 Å². The van der Waals surface area contributed by atoms with Gasteiger partial charge in [0.1, 0.15) is 11.6 Å². The highest BCUT2D eigenvalue weighted by Crippen LogP contribution is 2.19. The quantitative estimate of drug-likeness (QED) is 0.759. The molecule has 1 atom stereocenters. The maximum absolute atomic E-state index is 9.22. The highest BCUT2D eigenvalue weighted by molar-refractivity contribution is 5.56. The lowest BCUT2D eigenvalue weighted by Gasteiger charge is -2.16. The van der Waals surface area contributed by atoms with Gasteiger partial charge in [-0.25, -0.2) is 0 Å². The number of aryl methyl sites for hydroxylation is 1. The predicted molar refractivity (Wildman–Crippen MR) is 78.1 cm³/mol. The predicted octanol–water partition coefficient (Wildman–Crippen LogP) is 3.74. The second-order valence-electron chi connectivity index (χ2n) is 5.14. The summed E-state index contributed by atoms with van der Waals surface area (Å²) in [5, 5.41) is 20.7. The summed E-state index contributed by atoms with van der Waals surface area (Å²) in [6.07, 6.45) is 6.12. The molecule has 104 valence electrons. The van der Waals surface area contributed by atoms with Crippen LogP contribution in [0.15, 0.2) is 0 Å². The molecular weight excluding hydrogens is 236 g/mol. The lowest BCUT2D eigenvalue weighted by molar-refractivity contribution is 0.592. The van der Waals surface area contributed by atoms with E-state index in [4.69, 9.17) is 0 Å². The number of anilines is 1. The fourth-order valence-corrected chi connectivity index (χ4v) is 2.03. The van der Waals surface area contributed by atoms with Crippen LogP contribution >= 0.6 is 0 Å². The zero-order chi connectivity index (χ0) is 14.3.